The Balaban J connectivity index is 2.75. The number of benzene rings is 1. The van der Waals surface area contributed by atoms with E-state index >= 15 is 0 Å². The quantitative estimate of drug-likeness (QED) is 0.820. The molecule has 0 atom stereocenters. The monoisotopic (exact) mass is 232 g/mol. The van der Waals surface area contributed by atoms with Crippen molar-refractivity contribution in [1.82, 2.24) is 5.32 Å². The zero-order valence-electron chi connectivity index (χ0n) is 10.9. The van der Waals surface area contributed by atoms with Crippen LogP contribution in [0, 0.1) is 20.8 Å². The number of rotatable bonds is 3. The van der Waals surface area contributed by atoms with Crippen molar-refractivity contribution in [3.8, 4) is 0 Å². The van der Waals surface area contributed by atoms with Gasteiger partial charge in [0.05, 0.1) is 0 Å². The van der Waals surface area contributed by atoms with Gasteiger partial charge >= 0.3 is 6.03 Å². The Morgan fingerprint density at radius 1 is 1.24 bits per heavy atom. The Bertz CT molecular complexity index is 413. The SMILES string of the molecule is CC/C=C/NC(=O)Nc1c(C)cc(C)cc1C. The first kappa shape index (κ1) is 13.3. The van der Waals surface area contributed by atoms with E-state index < -0.39 is 0 Å². The van der Waals surface area contributed by atoms with Gasteiger partial charge in [-0.05, 0) is 38.3 Å². The maximum absolute atomic E-state index is 11.6. The van der Waals surface area contributed by atoms with Gasteiger partial charge in [0.2, 0.25) is 0 Å². The van der Waals surface area contributed by atoms with Gasteiger partial charge in [-0.25, -0.2) is 4.79 Å². The zero-order valence-corrected chi connectivity index (χ0v) is 10.9. The van der Waals surface area contributed by atoms with E-state index in [0.717, 1.165) is 23.2 Å². The molecule has 1 aromatic rings. The first-order valence-electron chi connectivity index (χ1n) is 5.85. The lowest BCUT2D eigenvalue weighted by atomic mass is 10.1. The summed E-state index contributed by atoms with van der Waals surface area (Å²) in [6, 6.07) is 3.92. The smallest absolute Gasteiger partial charge is 0.315 e. The van der Waals surface area contributed by atoms with Crippen LogP contribution in [0.5, 0.6) is 0 Å². The van der Waals surface area contributed by atoms with Crippen molar-refractivity contribution in [2.75, 3.05) is 5.32 Å². The van der Waals surface area contributed by atoms with E-state index in [0.29, 0.717) is 0 Å². The maximum Gasteiger partial charge on any atom is 0.323 e. The number of allylic oxidation sites excluding steroid dienone is 1. The summed E-state index contributed by atoms with van der Waals surface area (Å²) in [6.07, 6.45) is 4.46. The van der Waals surface area contributed by atoms with Crippen molar-refractivity contribution in [2.24, 2.45) is 0 Å². The van der Waals surface area contributed by atoms with Gasteiger partial charge in [-0.2, -0.15) is 0 Å². The Kier molecular flexibility index (Phi) is 4.76. The van der Waals surface area contributed by atoms with Crippen molar-refractivity contribution < 1.29 is 4.79 Å². The molecule has 0 aliphatic rings. The summed E-state index contributed by atoms with van der Waals surface area (Å²) in [5.41, 5.74) is 4.25. The molecule has 0 saturated carbocycles. The third-order valence-electron chi connectivity index (χ3n) is 2.48. The molecule has 3 nitrogen and oxygen atoms in total. The molecule has 3 heteroatoms. The summed E-state index contributed by atoms with van der Waals surface area (Å²) in [6.45, 7) is 8.06. The normalized spacial score (nSPS) is 10.6. The fourth-order valence-corrected chi connectivity index (χ4v) is 1.78. The molecule has 0 spiro atoms. The molecular formula is C14H20N2O. The Morgan fingerprint density at radius 3 is 2.35 bits per heavy atom. The Hall–Kier alpha value is -1.77. The maximum atomic E-state index is 11.6. The minimum atomic E-state index is -0.204. The lowest BCUT2D eigenvalue weighted by Crippen LogP contribution is -2.24. The number of amides is 2. The lowest BCUT2D eigenvalue weighted by Gasteiger charge is -2.12. The summed E-state index contributed by atoms with van der Waals surface area (Å²) < 4.78 is 0. The standard InChI is InChI=1S/C14H20N2O/c1-5-6-7-15-14(17)16-13-11(3)8-10(2)9-12(13)4/h6-9H,5H2,1-4H3,(H2,15,16,17)/b7-6+. The minimum Gasteiger partial charge on any atom is -0.315 e. The van der Waals surface area contributed by atoms with Crippen LogP contribution in [-0.4, -0.2) is 6.03 Å². The summed E-state index contributed by atoms with van der Waals surface area (Å²) in [4.78, 5) is 11.6. The highest BCUT2D eigenvalue weighted by molar-refractivity contribution is 5.91. The van der Waals surface area contributed by atoms with Gasteiger partial charge in [-0.3, -0.25) is 0 Å². The molecular weight excluding hydrogens is 212 g/mol. The molecule has 17 heavy (non-hydrogen) atoms. The third-order valence-corrected chi connectivity index (χ3v) is 2.48. The van der Waals surface area contributed by atoms with Crippen LogP contribution in [-0.2, 0) is 0 Å². The molecule has 0 bridgehead atoms. The van der Waals surface area contributed by atoms with Crippen molar-refractivity contribution in [2.45, 2.75) is 34.1 Å². The van der Waals surface area contributed by atoms with Gasteiger partial charge in [0, 0.05) is 11.9 Å². The fraction of sp³-hybridized carbons (Fsp3) is 0.357. The molecule has 1 aromatic carbocycles. The number of aryl methyl sites for hydroxylation is 3. The zero-order chi connectivity index (χ0) is 12.8. The summed E-state index contributed by atoms with van der Waals surface area (Å²) >= 11 is 0. The molecule has 2 N–H and O–H groups in total. The highest BCUT2D eigenvalue weighted by atomic mass is 16.2. The van der Waals surface area contributed by atoms with Crippen molar-refractivity contribution in [3.63, 3.8) is 0 Å². The van der Waals surface area contributed by atoms with Crippen LogP contribution in [0.15, 0.2) is 24.4 Å². The van der Waals surface area contributed by atoms with Crippen LogP contribution < -0.4 is 10.6 Å². The number of hydrogen-bond donors (Lipinski definition) is 2. The first-order valence-corrected chi connectivity index (χ1v) is 5.85. The van der Waals surface area contributed by atoms with Gasteiger partial charge in [0.25, 0.3) is 0 Å². The van der Waals surface area contributed by atoms with Crippen LogP contribution in [0.3, 0.4) is 0 Å². The van der Waals surface area contributed by atoms with Gasteiger partial charge < -0.3 is 10.6 Å². The third kappa shape index (κ3) is 3.94. The van der Waals surface area contributed by atoms with E-state index in [1.807, 2.05) is 33.8 Å². The number of urea groups is 1. The average molecular weight is 232 g/mol. The van der Waals surface area contributed by atoms with E-state index in [1.54, 1.807) is 6.20 Å². The summed E-state index contributed by atoms with van der Waals surface area (Å²) in [5, 5.41) is 5.53. The highest BCUT2D eigenvalue weighted by Gasteiger charge is 2.06. The van der Waals surface area contributed by atoms with Gasteiger partial charge in [-0.1, -0.05) is 30.7 Å². The molecule has 0 fully saturated rings. The molecule has 92 valence electrons. The molecule has 0 aromatic heterocycles. The number of nitrogens with one attached hydrogen (secondary N) is 2. The fourth-order valence-electron chi connectivity index (χ4n) is 1.78. The second-order valence-corrected chi connectivity index (χ2v) is 4.18. The average Bonchev–Trinajstić information content (AvgIpc) is 2.24. The Morgan fingerprint density at radius 2 is 1.82 bits per heavy atom. The number of carbonyl (C=O) groups excluding carboxylic acids is 1. The molecule has 0 aliphatic heterocycles. The summed E-state index contributed by atoms with van der Waals surface area (Å²) in [7, 11) is 0. The van der Waals surface area contributed by atoms with Crippen LogP contribution in [0.4, 0.5) is 10.5 Å². The largest absolute Gasteiger partial charge is 0.323 e. The number of anilines is 1. The lowest BCUT2D eigenvalue weighted by molar-refractivity contribution is 0.255. The molecule has 2 amide bonds. The van der Waals surface area contributed by atoms with Gasteiger partial charge in [0.1, 0.15) is 0 Å². The van der Waals surface area contributed by atoms with E-state index in [4.69, 9.17) is 0 Å². The van der Waals surface area contributed by atoms with Crippen molar-refractivity contribution >= 4 is 11.7 Å². The molecule has 0 heterocycles. The van der Waals surface area contributed by atoms with Crippen LogP contribution in [0.2, 0.25) is 0 Å². The highest BCUT2D eigenvalue weighted by Crippen LogP contribution is 2.21. The number of carbonyl (C=O) groups is 1. The molecule has 0 aliphatic carbocycles. The van der Waals surface area contributed by atoms with Crippen LogP contribution >= 0.6 is 0 Å². The van der Waals surface area contributed by atoms with E-state index in [-0.39, 0.29) is 6.03 Å². The predicted octanol–water partition coefficient (Wildman–Crippen LogP) is 3.66. The van der Waals surface area contributed by atoms with Gasteiger partial charge in [-0.15, -0.1) is 0 Å². The summed E-state index contributed by atoms with van der Waals surface area (Å²) in [5.74, 6) is 0. The minimum absolute atomic E-state index is 0.204. The molecule has 0 radical (unpaired) electrons. The van der Waals surface area contributed by atoms with E-state index in [9.17, 15) is 4.79 Å². The molecule has 0 unspecified atom stereocenters. The van der Waals surface area contributed by atoms with Crippen molar-refractivity contribution in [1.29, 1.82) is 0 Å². The van der Waals surface area contributed by atoms with Crippen LogP contribution in [0.25, 0.3) is 0 Å². The molecule has 0 saturated heterocycles. The van der Waals surface area contributed by atoms with E-state index in [2.05, 4.69) is 22.8 Å². The second kappa shape index (κ2) is 6.09. The second-order valence-electron chi connectivity index (χ2n) is 4.18. The topological polar surface area (TPSA) is 41.1 Å². The first-order chi connectivity index (χ1) is 8.04. The van der Waals surface area contributed by atoms with E-state index in [1.165, 1.54) is 5.56 Å². The molecule has 1 rings (SSSR count). The number of hydrogen-bond acceptors (Lipinski definition) is 1. The van der Waals surface area contributed by atoms with Gasteiger partial charge in [0.15, 0.2) is 0 Å². The Labute approximate surface area is 103 Å². The van der Waals surface area contributed by atoms with Crippen molar-refractivity contribution in [3.05, 3.63) is 41.1 Å². The predicted molar refractivity (Wildman–Crippen MR) is 72.2 cm³/mol. The van der Waals surface area contributed by atoms with Crippen LogP contribution in [0.1, 0.15) is 30.0 Å².